The van der Waals surface area contributed by atoms with Crippen molar-refractivity contribution < 1.29 is 0 Å². The summed E-state index contributed by atoms with van der Waals surface area (Å²) in [4.78, 5) is 0. The van der Waals surface area contributed by atoms with Crippen molar-refractivity contribution in [2.24, 2.45) is 5.73 Å². The molecule has 1 aromatic rings. The maximum atomic E-state index is 5.42. The Morgan fingerprint density at radius 2 is 2.43 bits per heavy atom. The highest BCUT2D eigenvalue weighted by molar-refractivity contribution is 7.99. The zero-order valence-corrected chi connectivity index (χ0v) is 9.46. The van der Waals surface area contributed by atoms with Crippen LogP contribution in [0.25, 0.3) is 0 Å². The van der Waals surface area contributed by atoms with Gasteiger partial charge in [-0.05, 0) is 25.1 Å². The molecule has 0 unspecified atom stereocenters. The van der Waals surface area contributed by atoms with E-state index in [2.05, 4.69) is 17.2 Å². The van der Waals surface area contributed by atoms with Gasteiger partial charge in [-0.15, -0.1) is 5.10 Å². The maximum absolute atomic E-state index is 5.42. The molecule has 1 heterocycles. The van der Waals surface area contributed by atoms with E-state index in [9.17, 15) is 0 Å². The first-order valence-corrected chi connectivity index (χ1v) is 6.19. The van der Waals surface area contributed by atoms with Crippen LogP contribution >= 0.6 is 11.8 Å². The second-order valence-electron chi connectivity index (χ2n) is 3.06. The number of nitrogens with two attached hydrogens (primary N) is 1. The van der Waals surface area contributed by atoms with Gasteiger partial charge in [-0.2, -0.15) is 11.8 Å². The van der Waals surface area contributed by atoms with Gasteiger partial charge in [-0.25, -0.2) is 0 Å². The van der Waals surface area contributed by atoms with Crippen LogP contribution in [-0.4, -0.2) is 33.0 Å². The van der Waals surface area contributed by atoms with E-state index in [4.69, 9.17) is 5.73 Å². The number of aryl methyl sites for hydroxylation is 2. The number of aromatic nitrogens is 3. The molecule has 0 spiro atoms. The molecule has 0 aliphatic carbocycles. The number of hydrogen-bond acceptors (Lipinski definition) is 4. The third-order valence-corrected chi connectivity index (χ3v) is 2.77. The SMILES string of the molecule is CCSCCn1cc(CCCN)nn1. The largest absolute Gasteiger partial charge is 0.330 e. The van der Waals surface area contributed by atoms with Crippen molar-refractivity contribution in [3.05, 3.63) is 11.9 Å². The number of rotatable bonds is 7. The van der Waals surface area contributed by atoms with Crippen LogP contribution in [0.1, 0.15) is 19.0 Å². The Balaban J connectivity index is 2.27. The summed E-state index contributed by atoms with van der Waals surface area (Å²) in [6.45, 7) is 3.84. The molecule has 0 saturated heterocycles. The van der Waals surface area contributed by atoms with Gasteiger partial charge in [0.1, 0.15) is 0 Å². The van der Waals surface area contributed by atoms with Crippen LogP contribution in [-0.2, 0) is 13.0 Å². The topological polar surface area (TPSA) is 56.7 Å². The molecule has 5 heteroatoms. The Morgan fingerprint density at radius 3 is 3.14 bits per heavy atom. The van der Waals surface area contributed by atoms with Crippen LogP contribution in [0.3, 0.4) is 0 Å². The first-order chi connectivity index (χ1) is 6.86. The lowest BCUT2D eigenvalue weighted by molar-refractivity contribution is 0.632. The van der Waals surface area contributed by atoms with Crippen LogP contribution in [0.2, 0.25) is 0 Å². The lowest BCUT2D eigenvalue weighted by atomic mass is 10.2. The Hall–Kier alpha value is -0.550. The maximum Gasteiger partial charge on any atom is 0.0827 e. The molecule has 0 atom stereocenters. The summed E-state index contributed by atoms with van der Waals surface area (Å²) in [6.07, 6.45) is 3.95. The fourth-order valence-corrected chi connectivity index (χ4v) is 1.75. The van der Waals surface area contributed by atoms with Crippen molar-refractivity contribution in [3.8, 4) is 0 Å². The highest BCUT2D eigenvalue weighted by Crippen LogP contribution is 2.01. The lowest BCUT2D eigenvalue weighted by Crippen LogP contribution is -2.01. The van der Waals surface area contributed by atoms with E-state index in [0.717, 1.165) is 43.1 Å². The molecule has 0 radical (unpaired) electrons. The normalized spacial score (nSPS) is 10.7. The summed E-state index contributed by atoms with van der Waals surface area (Å²) in [5.41, 5.74) is 6.48. The van der Waals surface area contributed by atoms with E-state index in [1.165, 1.54) is 0 Å². The molecule has 0 saturated carbocycles. The van der Waals surface area contributed by atoms with E-state index in [1.54, 1.807) is 0 Å². The predicted octanol–water partition coefficient (Wildman–Crippen LogP) is 0.922. The Kier molecular flexibility index (Phi) is 5.63. The zero-order chi connectivity index (χ0) is 10.2. The van der Waals surface area contributed by atoms with Crippen molar-refractivity contribution in [2.75, 3.05) is 18.1 Å². The summed E-state index contributed by atoms with van der Waals surface area (Å²) in [5, 5.41) is 8.13. The summed E-state index contributed by atoms with van der Waals surface area (Å²) >= 11 is 1.92. The van der Waals surface area contributed by atoms with Gasteiger partial charge in [0, 0.05) is 11.9 Å². The first-order valence-electron chi connectivity index (χ1n) is 5.03. The molecular formula is C9H18N4S. The molecule has 0 amide bonds. The summed E-state index contributed by atoms with van der Waals surface area (Å²) in [7, 11) is 0. The van der Waals surface area contributed by atoms with Crippen LogP contribution in [0.15, 0.2) is 6.20 Å². The van der Waals surface area contributed by atoms with Gasteiger partial charge in [0.25, 0.3) is 0 Å². The van der Waals surface area contributed by atoms with Crippen molar-refractivity contribution in [2.45, 2.75) is 26.3 Å². The Labute approximate surface area is 89.2 Å². The number of hydrogen-bond donors (Lipinski definition) is 1. The van der Waals surface area contributed by atoms with Crippen LogP contribution < -0.4 is 5.73 Å². The van der Waals surface area contributed by atoms with Crippen molar-refractivity contribution >= 4 is 11.8 Å². The lowest BCUT2D eigenvalue weighted by Gasteiger charge is -1.97. The minimum Gasteiger partial charge on any atom is -0.330 e. The van der Waals surface area contributed by atoms with E-state index < -0.39 is 0 Å². The fraction of sp³-hybridized carbons (Fsp3) is 0.778. The molecule has 0 fully saturated rings. The van der Waals surface area contributed by atoms with Gasteiger partial charge < -0.3 is 5.73 Å². The van der Waals surface area contributed by atoms with Gasteiger partial charge in [0.15, 0.2) is 0 Å². The van der Waals surface area contributed by atoms with Gasteiger partial charge in [-0.3, -0.25) is 4.68 Å². The minimum atomic E-state index is 0.721. The van der Waals surface area contributed by atoms with Crippen LogP contribution in [0, 0.1) is 0 Å². The predicted molar refractivity (Wildman–Crippen MR) is 60.4 cm³/mol. The molecular weight excluding hydrogens is 196 g/mol. The Bertz CT molecular complexity index is 249. The van der Waals surface area contributed by atoms with Gasteiger partial charge in [0.05, 0.1) is 12.2 Å². The number of nitrogens with zero attached hydrogens (tertiary/aromatic N) is 3. The minimum absolute atomic E-state index is 0.721. The van der Waals surface area contributed by atoms with Gasteiger partial charge in [-0.1, -0.05) is 12.1 Å². The summed E-state index contributed by atoms with van der Waals surface area (Å²) in [5.74, 6) is 2.27. The second kappa shape index (κ2) is 6.84. The van der Waals surface area contributed by atoms with Crippen molar-refractivity contribution in [1.82, 2.24) is 15.0 Å². The van der Waals surface area contributed by atoms with Gasteiger partial charge >= 0.3 is 0 Å². The van der Waals surface area contributed by atoms with E-state index in [1.807, 2.05) is 22.6 Å². The standard InChI is InChI=1S/C9H18N4S/c1-2-14-7-6-13-8-9(11-12-13)4-3-5-10/h8H,2-7,10H2,1H3. The molecule has 1 aromatic heterocycles. The molecule has 0 bridgehead atoms. The van der Waals surface area contributed by atoms with Gasteiger partial charge in [0.2, 0.25) is 0 Å². The molecule has 0 aromatic carbocycles. The highest BCUT2D eigenvalue weighted by Gasteiger charge is 1.99. The third-order valence-electron chi connectivity index (χ3n) is 1.89. The average molecular weight is 214 g/mol. The Morgan fingerprint density at radius 1 is 1.57 bits per heavy atom. The smallest absolute Gasteiger partial charge is 0.0827 e. The highest BCUT2D eigenvalue weighted by atomic mass is 32.2. The molecule has 14 heavy (non-hydrogen) atoms. The van der Waals surface area contributed by atoms with E-state index in [0.29, 0.717) is 0 Å². The quantitative estimate of drug-likeness (QED) is 0.686. The second-order valence-corrected chi connectivity index (χ2v) is 4.46. The molecule has 80 valence electrons. The van der Waals surface area contributed by atoms with Crippen molar-refractivity contribution in [1.29, 1.82) is 0 Å². The third kappa shape index (κ3) is 4.11. The summed E-state index contributed by atoms with van der Waals surface area (Å²) < 4.78 is 1.91. The fourth-order valence-electron chi connectivity index (χ4n) is 1.15. The van der Waals surface area contributed by atoms with Crippen LogP contribution in [0.4, 0.5) is 0 Å². The zero-order valence-electron chi connectivity index (χ0n) is 8.65. The van der Waals surface area contributed by atoms with E-state index in [-0.39, 0.29) is 0 Å². The molecule has 2 N–H and O–H groups in total. The monoisotopic (exact) mass is 214 g/mol. The van der Waals surface area contributed by atoms with Crippen LogP contribution in [0.5, 0.6) is 0 Å². The van der Waals surface area contributed by atoms with Crippen molar-refractivity contribution in [3.63, 3.8) is 0 Å². The number of thioether (sulfide) groups is 1. The molecule has 0 aliphatic rings. The molecule has 4 nitrogen and oxygen atoms in total. The first kappa shape index (κ1) is 11.5. The molecule has 0 aliphatic heterocycles. The van der Waals surface area contributed by atoms with E-state index >= 15 is 0 Å². The average Bonchev–Trinajstić information content (AvgIpc) is 2.63. The molecule has 1 rings (SSSR count). The summed E-state index contributed by atoms with van der Waals surface area (Å²) in [6, 6.07) is 0.